The second-order valence-corrected chi connectivity index (χ2v) is 6.82. The summed E-state index contributed by atoms with van der Waals surface area (Å²) in [6, 6.07) is 6.30. The Labute approximate surface area is 116 Å². The van der Waals surface area contributed by atoms with Crippen molar-refractivity contribution >= 4 is 0 Å². The summed E-state index contributed by atoms with van der Waals surface area (Å²) in [5.74, 6) is 0.940. The number of phenols is 1. The summed E-state index contributed by atoms with van der Waals surface area (Å²) in [4.78, 5) is 2.30. The Bertz CT molecular complexity index is 451. The molecule has 3 nitrogen and oxygen atoms in total. The van der Waals surface area contributed by atoms with E-state index in [4.69, 9.17) is 5.73 Å². The molecule has 2 unspecified atom stereocenters. The van der Waals surface area contributed by atoms with Crippen molar-refractivity contribution in [1.29, 1.82) is 0 Å². The number of benzene rings is 1. The molecule has 0 spiro atoms. The van der Waals surface area contributed by atoms with Gasteiger partial charge in [-0.3, -0.25) is 4.90 Å². The Morgan fingerprint density at radius 1 is 1.37 bits per heavy atom. The smallest absolute Gasteiger partial charge is 0.120 e. The molecule has 3 heteroatoms. The summed E-state index contributed by atoms with van der Waals surface area (Å²) in [6.45, 7) is 8.33. The van der Waals surface area contributed by atoms with Crippen molar-refractivity contribution in [1.82, 2.24) is 4.90 Å². The molecule has 2 atom stereocenters. The van der Waals surface area contributed by atoms with E-state index >= 15 is 0 Å². The Morgan fingerprint density at radius 3 is 2.58 bits per heavy atom. The third kappa shape index (κ3) is 2.93. The zero-order chi connectivity index (χ0) is 14.2. The third-order valence-electron chi connectivity index (χ3n) is 4.22. The third-order valence-corrected chi connectivity index (χ3v) is 4.22. The van der Waals surface area contributed by atoms with Gasteiger partial charge in [0.05, 0.1) is 0 Å². The van der Waals surface area contributed by atoms with Gasteiger partial charge >= 0.3 is 0 Å². The highest BCUT2D eigenvalue weighted by Gasteiger charge is 2.31. The first-order valence-electron chi connectivity index (χ1n) is 7.06. The van der Waals surface area contributed by atoms with Gasteiger partial charge in [-0.05, 0) is 49.0 Å². The van der Waals surface area contributed by atoms with Crippen LogP contribution in [0.1, 0.15) is 44.4 Å². The molecule has 1 saturated heterocycles. The highest BCUT2D eigenvalue weighted by Crippen LogP contribution is 2.39. The fourth-order valence-corrected chi connectivity index (χ4v) is 2.93. The average Bonchev–Trinajstić information content (AvgIpc) is 2.69. The van der Waals surface area contributed by atoms with Crippen molar-refractivity contribution in [3.05, 3.63) is 29.3 Å². The largest absolute Gasteiger partial charge is 0.508 e. The molecule has 1 aromatic rings. The van der Waals surface area contributed by atoms with Gasteiger partial charge in [-0.1, -0.05) is 26.8 Å². The van der Waals surface area contributed by atoms with Crippen molar-refractivity contribution in [2.75, 3.05) is 20.1 Å². The standard InChI is InChI=1S/C16H26N2O/c1-16(2,3)12-5-6-15(19)13(8-12)14-7-11(9-17)10-18(14)4/h5-6,8,11,14,19H,7,9-10,17H2,1-4H3. The minimum absolute atomic E-state index is 0.104. The molecule has 0 amide bonds. The molecule has 1 fully saturated rings. The van der Waals surface area contributed by atoms with Crippen molar-refractivity contribution in [3.63, 3.8) is 0 Å². The molecule has 0 saturated carbocycles. The maximum Gasteiger partial charge on any atom is 0.120 e. The molecule has 106 valence electrons. The first-order valence-corrected chi connectivity index (χ1v) is 7.06. The van der Waals surface area contributed by atoms with Gasteiger partial charge in [-0.2, -0.15) is 0 Å². The fraction of sp³-hybridized carbons (Fsp3) is 0.625. The van der Waals surface area contributed by atoms with Crippen LogP contribution in [0.15, 0.2) is 18.2 Å². The zero-order valence-electron chi connectivity index (χ0n) is 12.5. The summed E-state index contributed by atoms with van der Waals surface area (Å²) in [7, 11) is 2.11. The van der Waals surface area contributed by atoms with Crippen LogP contribution in [0.25, 0.3) is 0 Å². The van der Waals surface area contributed by atoms with Crippen LogP contribution in [0.4, 0.5) is 0 Å². The van der Waals surface area contributed by atoms with Crippen molar-refractivity contribution in [2.24, 2.45) is 11.7 Å². The van der Waals surface area contributed by atoms with E-state index in [-0.39, 0.29) is 11.5 Å². The van der Waals surface area contributed by atoms with Crippen LogP contribution in [0, 0.1) is 5.92 Å². The molecule has 1 heterocycles. The van der Waals surface area contributed by atoms with Crippen LogP contribution < -0.4 is 5.73 Å². The molecule has 1 aliphatic heterocycles. The summed E-state index contributed by atoms with van der Waals surface area (Å²) in [5, 5.41) is 10.2. The van der Waals surface area contributed by atoms with Crippen LogP contribution in [0.2, 0.25) is 0 Å². The van der Waals surface area contributed by atoms with Crippen LogP contribution in [-0.4, -0.2) is 30.1 Å². The Balaban J connectivity index is 2.34. The lowest BCUT2D eigenvalue weighted by molar-refractivity contribution is 0.305. The van der Waals surface area contributed by atoms with Crippen molar-refractivity contribution < 1.29 is 5.11 Å². The molecule has 0 bridgehead atoms. The lowest BCUT2D eigenvalue weighted by atomic mass is 9.84. The number of hydrogen-bond acceptors (Lipinski definition) is 3. The van der Waals surface area contributed by atoms with E-state index < -0.39 is 0 Å². The van der Waals surface area contributed by atoms with Gasteiger partial charge in [0.2, 0.25) is 0 Å². The van der Waals surface area contributed by atoms with E-state index in [9.17, 15) is 5.11 Å². The first kappa shape index (κ1) is 14.4. The number of aromatic hydroxyl groups is 1. The second kappa shape index (κ2) is 5.14. The second-order valence-electron chi connectivity index (χ2n) is 6.82. The maximum atomic E-state index is 10.2. The van der Waals surface area contributed by atoms with Gasteiger partial charge in [-0.15, -0.1) is 0 Å². The Hall–Kier alpha value is -1.06. The maximum absolute atomic E-state index is 10.2. The normalized spacial score (nSPS) is 24.9. The number of nitrogens with zero attached hydrogens (tertiary/aromatic N) is 1. The highest BCUT2D eigenvalue weighted by atomic mass is 16.3. The highest BCUT2D eigenvalue weighted by molar-refractivity contribution is 5.41. The van der Waals surface area contributed by atoms with Gasteiger partial charge in [0.1, 0.15) is 5.75 Å². The predicted octanol–water partition coefficient (Wildman–Crippen LogP) is 2.64. The van der Waals surface area contributed by atoms with Gasteiger partial charge in [-0.25, -0.2) is 0 Å². The van der Waals surface area contributed by atoms with Crippen LogP contribution in [0.5, 0.6) is 5.75 Å². The molecule has 3 N–H and O–H groups in total. The lowest BCUT2D eigenvalue weighted by Crippen LogP contribution is -2.21. The summed E-state index contributed by atoms with van der Waals surface area (Å²) >= 11 is 0. The number of likely N-dealkylation sites (tertiary alicyclic amines) is 1. The fourth-order valence-electron chi connectivity index (χ4n) is 2.93. The van der Waals surface area contributed by atoms with E-state index in [0.717, 1.165) is 25.1 Å². The predicted molar refractivity (Wildman–Crippen MR) is 79.3 cm³/mol. The van der Waals surface area contributed by atoms with Crippen LogP contribution >= 0.6 is 0 Å². The van der Waals surface area contributed by atoms with Gasteiger partial charge in [0, 0.05) is 18.2 Å². The van der Waals surface area contributed by atoms with Gasteiger partial charge in [0.25, 0.3) is 0 Å². The molecule has 19 heavy (non-hydrogen) atoms. The number of nitrogens with two attached hydrogens (primary N) is 1. The Kier molecular flexibility index (Phi) is 3.88. The summed E-state index contributed by atoms with van der Waals surface area (Å²) < 4.78 is 0. The van der Waals surface area contributed by atoms with E-state index in [0.29, 0.717) is 11.7 Å². The van der Waals surface area contributed by atoms with Crippen LogP contribution in [0.3, 0.4) is 0 Å². The summed E-state index contributed by atoms with van der Waals surface area (Å²) in [5.41, 5.74) is 8.20. The van der Waals surface area contributed by atoms with E-state index in [1.165, 1.54) is 5.56 Å². The van der Waals surface area contributed by atoms with Crippen LogP contribution in [-0.2, 0) is 5.41 Å². The number of phenolic OH excluding ortho intramolecular Hbond substituents is 1. The van der Waals surface area contributed by atoms with E-state index in [1.807, 2.05) is 12.1 Å². The minimum Gasteiger partial charge on any atom is -0.508 e. The topological polar surface area (TPSA) is 49.5 Å². The minimum atomic E-state index is 0.104. The first-order chi connectivity index (χ1) is 8.82. The summed E-state index contributed by atoms with van der Waals surface area (Å²) in [6.07, 6.45) is 1.04. The molecule has 0 radical (unpaired) electrons. The van der Waals surface area contributed by atoms with E-state index in [2.05, 4.69) is 38.8 Å². The van der Waals surface area contributed by atoms with Crippen molar-refractivity contribution in [3.8, 4) is 5.75 Å². The number of hydrogen-bond donors (Lipinski definition) is 2. The van der Waals surface area contributed by atoms with Gasteiger partial charge < -0.3 is 10.8 Å². The molecular formula is C16H26N2O. The average molecular weight is 262 g/mol. The lowest BCUT2D eigenvalue weighted by Gasteiger charge is -2.25. The zero-order valence-corrected chi connectivity index (χ0v) is 12.5. The molecule has 1 aliphatic rings. The number of rotatable bonds is 2. The SMILES string of the molecule is CN1CC(CN)CC1c1cc(C(C)(C)C)ccc1O. The molecular weight excluding hydrogens is 236 g/mol. The van der Waals surface area contributed by atoms with Crippen molar-refractivity contribution in [2.45, 2.75) is 38.6 Å². The monoisotopic (exact) mass is 262 g/mol. The molecule has 0 aliphatic carbocycles. The molecule has 1 aromatic carbocycles. The van der Waals surface area contributed by atoms with Gasteiger partial charge in [0.15, 0.2) is 0 Å². The molecule has 0 aromatic heterocycles. The van der Waals surface area contributed by atoms with E-state index in [1.54, 1.807) is 0 Å². The quantitative estimate of drug-likeness (QED) is 0.861. The molecule has 2 rings (SSSR count). The Morgan fingerprint density at radius 2 is 2.05 bits per heavy atom.